The van der Waals surface area contributed by atoms with Crippen LogP contribution in [-0.4, -0.2) is 30.1 Å². The lowest BCUT2D eigenvalue weighted by Gasteiger charge is -2.32. The van der Waals surface area contributed by atoms with E-state index in [0.717, 1.165) is 31.6 Å². The van der Waals surface area contributed by atoms with Crippen molar-refractivity contribution >= 4 is 11.7 Å². The highest BCUT2D eigenvalue weighted by Crippen LogP contribution is 2.23. The van der Waals surface area contributed by atoms with E-state index >= 15 is 0 Å². The number of aromatic nitrogens is 1. The van der Waals surface area contributed by atoms with Crippen molar-refractivity contribution < 1.29 is 9.53 Å². The van der Waals surface area contributed by atoms with E-state index in [0.29, 0.717) is 0 Å². The van der Waals surface area contributed by atoms with Crippen LogP contribution in [0.4, 0.5) is 5.69 Å². The molecule has 0 radical (unpaired) electrons. The summed E-state index contributed by atoms with van der Waals surface area (Å²) in [6.07, 6.45) is 5.35. The van der Waals surface area contributed by atoms with Crippen LogP contribution in [0, 0.1) is 5.92 Å². The lowest BCUT2D eigenvalue weighted by molar-refractivity contribution is -0.153. The zero-order chi connectivity index (χ0) is 13.0. The van der Waals surface area contributed by atoms with Crippen molar-refractivity contribution in [3.05, 3.63) is 24.5 Å². The molecule has 98 valence electrons. The van der Waals surface area contributed by atoms with Crippen LogP contribution in [0.15, 0.2) is 24.5 Å². The third-order valence-corrected chi connectivity index (χ3v) is 3.19. The molecule has 0 N–H and O–H groups in total. The molecule has 4 heteroatoms. The standard InChI is InChI=1S/C14H20N2O2/c1-11(2)18-14(17)12-5-8-16(9-6-12)13-4-3-7-15-10-13/h3-4,7,10-12H,5-6,8-9H2,1-2H3. The summed E-state index contributed by atoms with van der Waals surface area (Å²) in [5, 5.41) is 0. The Morgan fingerprint density at radius 1 is 1.44 bits per heavy atom. The minimum atomic E-state index is -0.0455. The number of piperidine rings is 1. The largest absolute Gasteiger partial charge is 0.463 e. The van der Waals surface area contributed by atoms with E-state index < -0.39 is 0 Å². The van der Waals surface area contributed by atoms with Crippen molar-refractivity contribution in [2.24, 2.45) is 5.92 Å². The third kappa shape index (κ3) is 3.22. The molecular formula is C14H20N2O2. The SMILES string of the molecule is CC(C)OC(=O)C1CCN(c2cccnc2)CC1. The monoisotopic (exact) mass is 248 g/mol. The van der Waals surface area contributed by atoms with Gasteiger partial charge in [-0.25, -0.2) is 0 Å². The first kappa shape index (κ1) is 12.9. The Bertz CT molecular complexity index is 384. The maximum atomic E-state index is 11.8. The van der Waals surface area contributed by atoms with Crippen molar-refractivity contribution in [2.45, 2.75) is 32.8 Å². The number of pyridine rings is 1. The maximum Gasteiger partial charge on any atom is 0.309 e. The van der Waals surface area contributed by atoms with Gasteiger partial charge < -0.3 is 9.64 Å². The molecular weight excluding hydrogens is 228 g/mol. The number of carbonyl (C=O) groups is 1. The first-order valence-electron chi connectivity index (χ1n) is 6.52. The van der Waals surface area contributed by atoms with E-state index in [2.05, 4.69) is 16.0 Å². The van der Waals surface area contributed by atoms with Crippen molar-refractivity contribution in [1.29, 1.82) is 0 Å². The van der Waals surface area contributed by atoms with Crippen LogP contribution < -0.4 is 4.90 Å². The summed E-state index contributed by atoms with van der Waals surface area (Å²) < 4.78 is 5.26. The minimum Gasteiger partial charge on any atom is -0.463 e. The molecule has 0 atom stereocenters. The van der Waals surface area contributed by atoms with Gasteiger partial charge in [0, 0.05) is 19.3 Å². The Labute approximate surface area is 108 Å². The lowest BCUT2D eigenvalue weighted by Crippen LogP contribution is -2.37. The molecule has 0 amide bonds. The highest BCUT2D eigenvalue weighted by molar-refractivity contribution is 5.73. The summed E-state index contributed by atoms with van der Waals surface area (Å²) in [5.41, 5.74) is 1.13. The molecule has 4 nitrogen and oxygen atoms in total. The molecule has 0 aromatic carbocycles. The highest BCUT2D eigenvalue weighted by Gasteiger charge is 2.26. The highest BCUT2D eigenvalue weighted by atomic mass is 16.5. The first-order chi connectivity index (χ1) is 8.66. The summed E-state index contributed by atoms with van der Waals surface area (Å²) in [6.45, 7) is 5.57. The molecule has 18 heavy (non-hydrogen) atoms. The Hall–Kier alpha value is -1.58. The number of nitrogens with zero attached hydrogens (tertiary/aromatic N) is 2. The second-order valence-corrected chi connectivity index (χ2v) is 4.96. The van der Waals surface area contributed by atoms with E-state index in [1.54, 1.807) is 6.20 Å². The fraction of sp³-hybridized carbons (Fsp3) is 0.571. The van der Waals surface area contributed by atoms with Crippen LogP contribution in [0.5, 0.6) is 0 Å². The Kier molecular flexibility index (Phi) is 4.18. The maximum absolute atomic E-state index is 11.8. The lowest BCUT2D eigenvalue weighted by atomic mass is 9.96. The van der Waals surface area contributed by atoms with Crippen molar-refractivity contribution in [3.8, 4) is 0 Å². The topological polar surface area (TPSA) is 42.4 Å². The third-order valence-electron chi connectivity index (χ3n) is 3.19. The van der Waals surface area contributed by atoms with Crippen molar-refractivity contribution in [2.75, 3.05) is 18.0 Å². The number of hydrogen-bond donors (Lipinski definition) is 0. The molecule has 0 unspecified atom stereocenters. The van der Waals surface area contributed by atoms with E-state index in [-0.39, 0.29) is 18.0 Å². The molecule has 2 heterocycles. The summed E-state index contributed by atoms with van der Waals surface area (Å²) in [7, 11) is 0. The number of ether oxygens (including phenoxy) is 1. The van der Waals surface area contributed by atoms with Gasteiger partial charge in [-0.2, -0.15) is 0 Å². The molecule has 2 rings (SSSR count). The fourth-order valence-electron chi connectivity index (χ4n) is 2.24. The molecule has 0 aliphatic carbocycles. The zero-order valence-corrected chi connectivity index (χ0v) is 11.0. The number of carbonyl (C=O) groups excluding carboxylic acids is 1. The van der Waals surface area contributed by atoms with Gasteiger partial charge in [0.15, 0.2) is 0 Å². The van der Waals surface area contributed by atoms with Gasteiger partial charge in [0.1, 0.15) is 0 Å². The molecule has 0 saturated carbocycles. The van der Waals surface area contributed by atoms with E-state index in [9.17, 15) is 4.79 Å². The van der Waals surface area contributed by atoms with Crippen LogP contribution in [0.2, 0.25) is 0 Å². The smallest absolute Gasteiger partial charge is 0.309 e. The molecule has 1 fully saturated rings. The van der Waals surface area contributed by atoms with Gasteiger partial charge in [-0.1, -0.05) is 0 Å². The van der Waals surface area contributed by atoms with Gasteiger partial charge in [0.25, 0.3) is 0 Å². The number of rotatable bonds is 3. The molecule has 1 saturated heterocycles. The van der Waals surface area contributed by atoms with E-state index in [1.165, 1.54) is 0 Å². The van der Waals surface area contributed by atoms with Crippen molar-refractivity contribution in [3.63, 3.8) is 0 Å². The number of esters is 1. The Morgan fingerprint density at radius 2 is 2.17 bits per heavy atom. The fourth-order valence-corrected chi connectivity index (χ4v) is 2.24. The minimum absolute atomic E-state index is 0.0196. The predicted molar refractivity (Wildman–Crippen MR) is 70.4 cm³/mol. The number of hydrogen-bond acceptors (Lipinski definition) is 4. The molecule has 1 aliphatic rings. The quantitative estimate of drug-likeness (QED) is 0.769. The molecule has 0 bridgehead atoms. The Balaban J connectivity index is 1.87. The summed E-state index contributed by atoms with van der Waals surface area (Å²) in [4.78, 5) is 18.2. The van der Waals surface area contributed by atoms with Crippen LogP contribution >= 0.6 is 0 Å². The van der Waals surface area contributed by atoms with E-state index in [4.69, 9.17) is 4.74 Å². The summed E-state index contributed by atoms with van der Waals surface area (Å²) >= 11 is 0. The van der Waals surface area contributed by atoms with Gasteiger partial charge in [-0.3, -0.25) is 9.78 Å². The number of anilines is 1. The van der Waals surface area contributed by atoms with Crippen LogP contribution in [0.1, 0.15) is 26.7 Å². The van der Waals surface area contributed by atoms with Gasteiger partial charge in [-0.15, -0.1) is 0 Å². The van der Waals surface area contributed by atoms with Gasteiger partial charge in [-0.05, 0) is 38.8 Å². The normalized spacial score (nSPS) is 16.9. The van der Waals surface area contributed by atoms with Crippen LogP contribution in [0.3, 0.4) is 0 Å². The Morgan fingerprint density at radius 3 is 2.72 bits per heavy atom. The first-order valence-corrected chi connectivity index (χ1v) is 6.52. The predicted octanol–water partition coefficient (Wildman–Crippen LogP) is 2.25. The van der Waals surface area contributed by atoms with Crippen molar-refractivity contribution in [1.82, 2.24) is 4.98 Å². The zero-order valence-electron chi connectivity index (χ0n) is 11.0. The average molecular weight is 248 g/mol. The second kappa shape index (κ2) is 5.85. The van der Waals surface area contributed by atoms with Gasteiger partial charge >= 0.3 is 5.97 Å². The summed E-state index contributed by atoms with van der Waals surface area (Å²) in [5.74, 6) is 0.0103. The summed E-state index contributed by atoms with van der Waals surface area (Å²) in [6, 6.07) is 3.99. The second-order valence-electron chi connectivity index (χ2n) is 4.96. The van der Waals surface area contributed by atoms with Gasteiger partial charge in [0.2, 0.25) is 0 Å². The van der Waals surface area contributed by atoms with E-state index in [1.807, 2.05) is 26.1 Å². The van der Waals surface area contributed by atoms with Crippen LogP contribution in [-0.2, 0) is 9.53 Å². The molecule has 1 aromatic rings. The molecule has 1 aromatic heterocycles. The molecule has 1 aliphatic heterocycles. The molecule has 0 spiro atoms. The van der Waals surface area contributed by atoms with Crippen LogP contribution in [0.25, 0.3) is 0 Å². The average Bonchev–Trinajstić information content (AvgIpc) is 2.39. The van der Waals surface area contributed by atoms with Gasteiger partial charge in [0.05, 0.1) is 23.9 Å².